The van der Waals surface area contributed by atoms with Gasteiger partial charge in [0.2, 0.25) is 0 Å². The second kappa shape index (κ2) is 10.4. The summed E-state index contributed by atoms with van der Waals surface area (Å²) in [5, 5.41) is -1.34. The summed E-state index contributed by atoms with van der Waals surface area (Å²) in [6.07, 6.45) is 6.37. The van der Waals surface area contributed by atoms with Gasteiger partial charge in [-0.3, -0.25) is 0 Å². The summed E-state index contributed by atoms with van der Waals surface area (Å²) in [5.41, 5.74) is 0. The van der Waals surface area contributed by atoms with Gasteiger partial charge >= 0.3 is 0 Å². The molecular formula is C19H36O8S4. The fraction of sp³-hybridized carbons (Fsp3) is 1.00. The minimum absolute atomic E-state index is 0.320. The molecule has 0 spiro atoms. The second-order valence-corrected chi connectivity index (χ2v) is 19.5. The van der Waals surface area contributed by atoms with E-state index < -0.39 is 70.5 Å². The number of hydrogen-bond donors (Lipinski definition) is 0. The van der Waals surface area contributed by atoms with Crippen molar-refractivity contribution in [2.45, 2.75) is 104 Å². The Bertz CT molecular complexity index is 930. The van der Waals surface area contributed by atoms with Crippen molar-refractivity contribution in [3.05, 3.63) is 0 Å². The Morgan fingerprint density at radius 2 is 0.839 bits per heavy atom. The van der Waals surface area contributed by atoms with Crippen molar-refractivity contribution in [1.29, 1.82) is 0 Å². The monoisotopic (exact) mass is 520 g/mol. The van der Waals surface area contributed by atoms with Gasteiger partial charge in [0, 0.05) is 0 Å². The molecule has 31 heavy (non-hydrogen) atoms. The summed E-state index contributed by atoms with van der Waals surface area (Å²) >= 11 is 0. The lowest BCUT2D eigenvalue weighted by Crippen LogP contribution is -2.39. The van der Waals surface area contributed by atoms with E-state index in [2.05, 4.69) is 0 Å². The molecule has 0 aliphatic heterocycles. The standard InChI is InChI=1S/C19H36O8S4/c1-16(30(24,25)18-10-5-3-6-11-18)28(20,21)14-9-15-29(22,23)17(2)31(26,27)19-12-7-4-8-13-19/h16-19H,3-15H2,1-2H3. The zero-order valence-corrected chi connectivity index (χ0v) is 21.7. The maximum Gasteiger partial charge on any atom is 0.170 e. The van der Waals surface area contributed by atoms with E-state index in [9.17, 15) is 33.7 Å². The molecule has 0 amide bonds. The summed E-state index contributed by atoms with van der Waals surface area (Å²) in [6, 6.07) is 0. The lowest BCUT2D eigenvalue weighted by Gasteiger charge is -2.26. The summed E-state index contributed by atoms with van der Waals surface area (Å²) in [5.74, 6) is -1.20. The number of sulfone groups is 4. The highest BCUT2D eigenvalue weighted by Gasteiger charge is 2.41. The van der Waals surface area contributed by atoms with E-state index in [0.29, 0.717) is 25.7 Å². The third-order valence-electron chi connectivity index (χ3n) is 6.83. The van der Waals surface area contributed by atoms with Crippen LogP contribution in [-0.4, -0.2) is 64.8 Å². The van der Waals surface area contributed by atoms with Crippen molar-refractivity contribution in [3.8, 4) is 0 Å². The van der Waals surface area contributed by atoms with Crippen LogP contribution in [0.3, 0.4) is 0 Å². The highest BCUT2D eigenvalue weighted by atomic mass is 32.3. The first-order valence-corrected chi connectivity index (χ1v) is 17.8. The zero-order valence-electron chi connectivity index (χ0n) is 18.4. The fourth-order valence-corrected chi connectivity index (χ4v) is 14.3. The largest absolute Gasteiger partial charge is 0.228 e. The Morgan fingerprint density at radius 3 is 1.13 bits per heavy atom. The van der Waals surface area contributed by atoms with Crippen molar-refractivity contribution in [2.24, 2.45) is 0 Å². The van der Waals surface area contributed by atoms with E-state index in [1.807, 2.05) is 0 Å². The van der Waals surface area contributed by atoms with Gasteiger partial charge in [-0.1, -0.05) is 38.5 Å². The third-order valence-corrected chi connectivity index (χ3v) is 18.6. The highest BCUT2D eigenvalue weighted by Crippen LogP contribution is 2.30. The molecule has 0 bridgehead atoms. The summed E-state index contributed by atoms with van der Waals surface area (Å²) in [4.78, 5) is 0. The molecule has 0 aromatic carbocycles. The van der Waals surface area contributed by atoms with Gasteiger partial charge in [-0.25, -0.2) is 33.7 Å². The molecule has 0 aromatic heterocycles. The normalized spacial score (nSPS) is 22.8. The van der Waals surface area contributed by atoms with E-state index in [1.165, 1.54) is 0 Å². The van der Waals surface area contributed by atoms with Crippen LogP contribution in [0.15, 0.2) is 0 Å². The summed E-state index contributed by atoms with van der Waals surface area (Å²) in [7, 11) is -15.9. The minimum atomic E-state index is -4.07. The van der Waals surface area contributed by atoms with E-state index >= 15 is 0 Å². The van der Waals surface area contributed by atoms with Crippen LogP contribution < -0.4 is 0 Å². The van der Waals surface area contributed by atoms with Crippen molar-refractivity contribution in [2.75, 3.05) is 11.5 Å². The van der Waals surface area contributed by atoms with E-state index in [4.69, 9.17) is 0 Å². The number of hydrogen-bond acceptors (Lipinski definition) is 8. The van der Waals surface area contributed by atoms with Crippen LogP contribution in [0.2, 0.25) is 0 Å². The van der Waals surface area contributed by atoms with Crippen LogP contribution >= 0.6 is 0 Å². The Labute approximate surface area is 188 Å². The smallest absolute Gasteiger partial charge is 0.170 e. The van der Waals surface area contributed by atoms with Gasteiger partial charge < -0.3 is 0 Å². The van der Waals surface area contributed by atoms with E-state index in [0.717, 1.165) is 52.4 Å². The van der Waals surface area contributed by atoms with Gasteiger partial charge in [-0.2, -0.15) is 0 Å². The quantitative estimate of drug-likeness (QED) is 0.428. The second-order valence-electron chi connectivity index (χ2n) is 8.92. The predicted octanol–water partition coefficient (Wildman–Crippen LogP) is 2.39. The maximum atomic E-state index is 12.7. The Morgan fingerprint density at radius 1 is 0.548 bits per heavy atom. The molecule has 184 valence electrons. The van der Waals surface area contributed by atoms with Crippen molar-refractivity contribution in [3.63, 3.8) is 0 Å². The molecular weight excluding hydrogens is 484 g/mol. The van der Waals surface area contributed by atoms with Crippen LogP contribution in [0, 0.1) is 0 Å². The molecule has 0 heterocycles. The van der Waals surface area contributed by atoms with Crippen LogP contribution in [0.1, 0.15) is 84.5 Å². The molecule has 2 rings (SSSR count). The average Bonchev–Trinajstić information content (AvgIpc) is 2.73. The third kappa shape index (κ3) is 6.44. The SMILES string of the molecule is CC(S(=O)(=O)CCCS(=O)(=O)C(C)S(=O)(=O)C1CCCCC1)S(=O)(=O)C1CCCCC1. The molecule has 2 saturated carbocycles. The van der Waals surface area contributed by atoms with Crippen molar-refractivity contribution >= 4 is 39.3 Å². The van der Waals surface area contributed by atoms with Crippen LogP contribution in [0.25, 0.3) is 0 Å². The zero-order chi connectivity index (χ0) is 23.5. The summed E-state index contributed by atoms with van der Waals surface area (Å²) < 4.78 is 98.3. The molecule has 2 atom stereocenters. The first-order chi connectivity index (χ1) is 14.2. The maximum absolute atomic E-state index is 12.7. The minimum Gasteiger partial charge on any atom is -0.228 e. The molecule has 2 fully saturated rings. The number of rotatable bonds is 10. The van der Waals surface area contributed by atoms with Crippen molar-refractivity contribution in [1.82, 2.24) is 0 Å². The van der Waals surface area contributed by atoms with Crippen LogP contribution in [-0.2, 0) is 39.3 Å². The molecule has 2 aliphatic carbocycles. The highest BCUT2D eigenvalue weighted by molar-refractivity contribution is 8.10. The average molecular weight is 521 g/mol. The summed E-state index contributed by atoms with van der Waals surface area (Å²) in [6.45, 7) is 2.31. The Hall–Kier alpha value is -0.200. The molecule has 12 heteroatoms. The molecule has 2 unspecified atom stereocenters. The first kappa shape index (κ1) is 27.0. The first-order valence-electron chi connectivity index (χ1n) is 11.1. The molecule has 8 nitrogen and oxygen atoms in total. The lowest BCUT2D eigenvalue weighted by molar-refractivity contribution is 0.481. The molecule has 0 N–H and O–H groups in total. The lowest BCUT2D eigenvalue weighted by atomic mass is 10.0. The van der Waals surface area contributed by atoms with Gasteiger partial charge in [0.05, 0.1) is 22.0 Å². The van der Waals surface area contributed by atoms with Crippen LogP contribution in [0.5, 0.6) is 0 Å². The molecule has 0 aromatic rings. The Kier molecular flexibility index (Phi) is 9.06. The topological polar surface area (TPSA) is 137 Å². The fourth-order valence-electron chi connectivity index (χ4n) is 4.53. The van der Waals surface area contributed by atoms with Gasteiger partial charge in [0.15, 0.2) is 48.5 Å². The predicted molar refractivity (Wildman–Crippen MR) is 123 cm³/mol. The molecule has 0 radical (unpaired) electrons. The van der Waals surface area contributed by atoms with Gasteiger partial charge in [0.25, 0.3) is 0 Å². The van der Waals surface area contributed by atoms with Crippen molar-refractivity contribution < 1.29 is 33.7 Å². The molecule has 2 aliphatic rings. The Balaban J connectivity index is 2.01. The van der Waals surface area contributed by atoms with Crippen LogP contribution in [0.4, 0.5) is 0 Å². The van der Waals surface area contributed by atoms with E-state index in [-0.39, 0.29) is 6.42 Å². The van der Waals surface area contributed by atoms with Gasteiger partial charge in [-0.15, -0.1) is 0 Å². The van der Waals surface area contributed by atoms with Gasteiger partial charge in [-0.05, 0) is 46.0 Å². The van der Waals surface area contributed by atoms with Gasteiger partial charge in [0.1, 0.15) is 0 Å². The van der Waals surface area contributed by atoms with E-state index in [1.54, 1.807) is 0 Å². The molecule has 0 saturated heterocycles.